The van der Waals surface area contributed by atoms with Crippen molar-refractivity contribution in [2.75, 3.05) is 5.75 Å². The van der Waals surface area contributed by atoms with Crippen molar-refractivity contribution in [3.8, 4) is 0 Å². The molecule has 0 saturated heterocycles. The van der Waals surface area contributed by atoms with Crippen LogP contribution in [0.3, 0.4) is 0 Å². The van der Waals surface area contributed by atoms with Crippen molar-refractivity contribution in [3.05, 3.63) is 64.1 Å². The van der Waals surface area contributed by atoms with Crippen molar-refractivity contribution in [2.24, 2.45) is 5.10 Å². The number of rotatable bonds is 6. The standard InChI is InChI=1S/C17H17BrN2OS/c1-13-2-8-16(9-3-13)22-11-10-17(21)20-19-12-14-4-6-15(18)7-5-14/h2-9,12H,10-11H2,1H3,(H,20,21)/b19-12-. The molecule has 1 amide bonds. The smallest absolute Gasteiger partial charge is 0.240 e. The Morgan fingerprint density at radius 2 is 1.86 bits per heavy atom. The van der Waals surface area contributed by atoms with Crippen LogP contribution >= 0.6 is 27.7 Å². The van der Waals surface area contributed by atoms with E-state index in [0.29, 0.717) is 6.42 Å². The highest BCUT2D eigenvalue weighted by Gasteiger charge is 2.00. The Morgan fingerprint density at radius 1 is 1.18 bits per heavy atom. The lowest BCUT2D eigenvalue weighted by atomic mass is 10.2. The highest BCUT2D eigenvalue weighted by molar-refractivity contribution is 9.10. The number of benzene rings is 2. The summed E-state index contributed by atoms with van der Waals surface area (Å²) in [7, 11) is 0. The molecule has 0 spiro atoms. The summed E-state index contributed by atoms with van der Waals surface area (Å²) in [5, 5.41) is 3.96. The fraction of sp³-hybridized carbons (Fsp3) is 0.176. The van der Waals surface area contributed by atoms with Crippen LogP contribution in [0.1, 0.15) is 17.5 Å². The summed E-state index contributed by atoms with van der Waals surface area (Å²) >= 11 is 5.04. The molecule has 3 nitrogen and oxygen atoms in total. The Labute approximate surface area is 143 Å². The first kappa shape index (κ1) is 16.8. The molecule has 1 N–H and O–H groups in total. The van der Waals surface area contributed by atoms with Crippen molar-refractivity contribution in [1.82, 2.24) is 5.43 Å². The maximum atomic E-state index is 11.7. The summed E-state index contributed by atoms with van der Waals surface area (Å²) in [5.74, 6) is 0.663. The van der Waals surface area contributed by atoms with Crippen molar-refractivity contribution in [2.45, 2.75) is 18.2 Å². The molecule has 0 radical (unpaired) electrons. The average Bonchev–Trinajstić information content (AvgIpc) is 2.51. The van der Waals surface area contributed by atoms with E-state index in [4.69, 9.17) is 0 Å². The Morgan fingerprint density at radius 3 is 2.55 bits per heavy atom. The number of amides is 1. The number of nitrogens with one attached hydrogen (secondary N) is 1. The van der Waals surface area contributed by atoms with Crippen LogP contribution in [-0.2, 0) is 4.79 Å². The van der Waals surface area contributed by atoms with Gasteiger partial charge in [0.1, 0.15) is 0 Å². The summed E-state index contributed by atoms with van der Waals surface area (Å²) in [6.45, 7) is 2.06. The number of halogens is 1. The second-order valence-corrected chi connectivity index (χ2v) is 6.84. The molecule has 2 aromatic rings. The first-order valence-electron chi connectivity index (χ1n) is 6.90. The molecule has 0 atom stereocenters. The Bertz CT molecular complexity index is 639. The van der Waals surface area contributed by atoms with E-state index in [1.54, 1.807) is 18.0 Å². The predicted molar refractivity (Wildman–Crippen MR) is 96.4 cm³/mol. The maximum absolute atomic E-state index is 11.7. The number of hydrogen-bond acceptors (Lipinski definition) is 3. The van der Waals surface area contributed by atoms with Crippen LogP contribution in [-0.4, -0.2) is 17.9 Å². The third-order valence-electron chi connectivity index (χ3n) is 2.89. The summed E-state index contributed by atoms with van der Waals surface area (Å²) in [6.07, 6.45) is 2.08. The van der Waals surface area contributed by atoms with Gasteiger partial charge in [-0.3, -0.25) is 4.79 Å². The first-order valence-corrected chi connectivity index (χ1v) is 8.68. The molecular weight excluding hydrogens is 360 g/mol. The van der Waals surface area contributed by atoms with E-state index in [2.05, 4.69) is 57.6 Å². The van der Waals surface area contributed by atoms with Gasteiger partial charge in [-0.15, -0.1) is 11.8 Å². The second kappa shape index (κ2) is 8.76. The molecule has 22 heavy (non-hydrogen) atoms. The van der Waals surface area contributed by atoms with Crippen molar-refractivity contribution in [1.29, 1.82) is 0 Å². The molecule has 114 valence electrons. The first-order chi connectivity index (χ1) is 10.6. The van der Waals surface area contributed by atoms with Gasteiger partial charge in [0.25, 0.3) is 0 Å². The third kappa shape index (κ3) is 6.03. The van der Waals surface area contributed by atoms with Gasteiger partial charge in [0.15, 0.2) is 0 Å². The zero-order chi connectivity index (χ0) is 15.8. The van der Waals surface area contributed by atoms with Gasteiger partial charge in [-0.2, -0.15) is 5.10 Å². The zero-order valence-corrected chi connectivity index (χ0v) is 14.7. The lowest BCUT2D eigenvalue weighted by Crippen LogP contribution is -2.17. The number of hydrogen-bond donors (Lipinski definition) is 1. The SMILES string of the molecule is Cc1ccc(SCCC(=O)N/N=C\c2ccc(Br)cc2)cc1. The van der Waals surface area contributed by atoms with E-state index in [9.17, 15) is 4.79 Å². The van der Waals surface area contributed by atoms with E-state index in [1.165, 1.54) is 10.5 Å². The Kier molecular flexibility index (Phi) is 6.68. The lowest BCUT2D eigenvalue weighted by molar-refractivity contribution is -0.120. The molecule has 0 aromatic heterocycles. The summed E-state index contributed by atoms with van der Waals surface area (Å²) in [6, 6.07) is 16.0. The third-order valence-corrected chi connectivity index (χ3v) is 4.43. The van der Waals surface area contributed by atoms with Gasteiger partial charge in [-0.1, -0.05) is 45.8 Å². The van der Waals surface area contributed by atoms with Crippen LogP contribution in [0.5, 0.6) is 0 Å². The topological polar surface area (TPSA) is 41.5 Å². The predicted octanol–water partition coefficient (Wildman–Crippen LogP) is 4.39. The number of nitrogens with zero attached hydrogens (tertiary/aromatic N) is 1. The van der Waals surface area contributed by atoms with Gasteiger partial charge in [-0.05, 0) is 36.8 Å². The van der Waals surface area contributed by atoms with Gasteiger partial charge in [0.2, 0.25) is 5.91 Å². The minimum Gasteiger partial charge on any atom is -0.273 e. The van der Waals surface area contributed by atoms with Gasteiger partial charge in [0.05, 0.1) is 6.21 Å². The Hall–Kier alpha value is -1.59. The molecule has 5 heteroatoms. The summed E-state index contributed by atoms with van der Waals surface area (Å²) < 4.78 is 1.02. The fourth-order valence-electron chi connectivity index (χ4n) is 1.68. The van der Waals surface area contributed by atoms with Crippen molar-refractivity contribution < 1.29 is 4.79 Å². The van der Waals surface area contributed by atoms with E-state index in [1.807, 2.05) is 24.3 Å². The molecule has 0 heterocycles. The molecule has 0 aliphatic rings. The number of thioether (sulfide) groups is 1. The zero-order valence-electron chi connectivity index (χ0n) is 12.3. The molecule has 0 bridgehead atoms. The minimum absolute atomic E-state index is 0.0760. The van der Waals surface area contributed by atoms with E-state index in [0.717, 1.165) is 15.8 Å². The largest absolute Gasteiger partial charge is 0.273 e. The van der Waals surface area contributed by atoms with Gasteiger partial charge in [-0.25, -0.2) is 5.43 Å². The second-order valence-electron chi connectivity index (χ2n) is 4.76. The average molecular weight is 377 g/mol. The number of hydrazone groups is 1. The van der Waals surface area contributed by atoms with Crippen LogP contribution < -0.4 is 5.43 Å². The van der Waals surface area contributed by atoms with E-state index >= 15 is 0 Å². The van der Waals surface area contributed by atoms with Gasteiger partial charge < -0.3 is 0 Å². The fourth-order valence-corrected chi connectivity index (χ4v) is 2.80. The van der Waals surface area contributed by atoms with Crippen LogP contribution in [0.15, 0.2) is 63.0 Å². The molecule has 0 aliphatic carbocycles. The van der Waals surface area contributed by atoms with Crippen LogP contribution in [0, 0.1) is 6.92 Å². The highest BCUT2D eigenvalue weighted by atomic mass is 79.9. The minimum atomic E-state index is -0.0760. The number of carbonyl (C=O) groups is 1. The maximum Gasteiger partial charge on any atom is 0.240 e. The van der Waals surface area contributed by atoms with Gasteiger partial charge >= 0.3 is 0 Å². The van der Waals surface area contributed by atoms with Crippen LogP contribution in [0.25, 0.3) is 0 Å². The normalized spacial score (nSPS) is 10.8. The Balaban J connectivity index is 1.69. The van der Waals surface area contributed by atoms with Crippen molar-refractivity contribution in [3.63, 3.8) is 0 Å². The van der Waals surface area contributed by atoms with E-state index < -0.39 is 0 Å². The molecule has 2 aromatic carbocycles. The molecule has 2 rings (SSSR count). The quantitative estimate of drug-likeness (QED) is 0.461. The molecular formula is C17H17BrN2OS. The molecule has 0 fully saturated rings. The monoisotopic (exact) mass is 376 g/mol. The molecule has 0 unspecified atom stereocenters. The summed E-state index contributed by atoms with van der Waals surface area (Å²) in [4.78, 5) is 12.9. The van der Waals surface area contributed by atoms with E-state index in [-0.39, 0.29) is 5.91 Å². The lowest BCUT2D eigenvalue weighted by Gasteiger charge is -2.02. The molecule has 0 saturated carbocycles. The molecule has 0 aliphatic heterocycles. The highest BCUT2D eigenvalue weighted by Crippen LogP contribution is 2.18. The van der Waals surface area contributed by atoms with Gasteiger partial charge in [0, 0.05) is 21.5 Å². The number of aryl methyl sites for hydroxylation is 1. The summed E-state index contributed by atoms with van der Waals surface area (Å²) in [5.41, 5.74) is 4.73. The van der Waals surface area contributed by atoms with Crippen LogP contribution in [0.4, 0.5) is 0 Å². The van der Waals surface area contributed by atoms with Crippen molar-refractivity contribution >= 4 is 39.8 Å². The number of carbonyl (C=O) groups excluding carboxylic acids is 1. The van der Waals surface area contributed by atoms with Crippen LogP contribution in [0.2, 0.25) is 0 Å².